The smallest absolute Gasteiger partial charge is 0.338 e. The number of carbonyl (C=O) groups excluding carboxylic acids is 1. The summed E-state index contributed by atoms with van der Waals surface area (Å²) in [5, 5.41) is 4.28. The van der Waals surface area contributed by atoms with Gasteiger partial charge in [-0.25, -0.2) is 9.79 Å². The van der Waals surface area contributed by atoms with Gasteiger partial charge in [0.1, 0.15) is 18.4 Å². The lowest BCUT2D eigenvalue weighted by Gasteiger charge is -2.24. The molecule has 0 fully saturated rings. The molecule has 9 heteroatoms. The monoisotopic (exact) mass is 706 g/mol. The van der Waals surface area contributed by atoms with Crippen LogP contribution in [0.4, 0.5) is 0 Å². The van der Waals surface area contributed by atoms with Gasteiger partial charge in [0.15, 0.2) is 4.80 Å². The molecule has 6 nitrogen and oxygen atoms in total. The molecular weight excluding hydrogens is 680 g/mol. The fourth-order valence-electron chi connectivity index (χ4n) is 5.61. The number of fused-ring (bicyclic) bond motifs is 2. The number of benzene rings is 4. The van der Waals surface area contributed by atoms with E-state index in [0.29, 0.717) is 33.0 Å². The third-order valence-corrected chi connectivity index (χ3v) is 10.2. The number of aromatic nitrogens is 1. The SMILES string of the molecule is CCOC(=O)C1=C(c2ccccc2)N=c2s/c(=C\c3ccc(OCc4cccc5ccccc45)c(Br)c3)c(=O)n2[C@H]1c1cccs1. The Morgan fingerprint density at radius 3 is 2.57 bits per heavy atom. The van der Waals surface area contributed by atoms with Crippen LogP contribution < -0.4 is 19.6 Å². The minimum absolute atomic E-state index is 0.211. The maximum atomic E-state index is 14.1. The van der Waals surface area contributed by atoms with Crippen LogP contribution in [-0.4, -0.2) is 17.1 Å². The summed E-state index contributed by atoms with van der Waals surface area (Å²) < 4.78 is 14.6. The molecule has 3 heterocycles. The predicted octanol–water partition coefficient (Wildman–Crippen LogP) is 7.49. The number of ether oxygens (including phenoxy) is 2. The number of carbonyl (C=O) groups is 1. The van der Waals surface area contributed by atoms with Crippen molar-refractivity contribution in [3.05, 3.63) is 160 Å². The fourth-order valence-corrected chi connectivity index (χ4v) is 7.94. The van der Waals surface area contributed by atoms with E-state index in [0.717, 1.165) is 31.4 Å². The van der Waals surface area contributed by atoms with E-state index in [1.165, 1.54) is 28.1 Å². The van der Waals surface area contributed by atoms with Gasteiger partial charge in [-0.2, -0.15) is 0 Å². The van der Waals surface area contributed by atoms with E-state index >= 15 is 0 Å². The van der Waals surface area contributed by atoms with Crippen LogP contribution in [-0.2, 0) is 16.1 Å². The number of rotatable bonds is 8. The van der Waals surface area contributed by atoms with Gasteiger partial charge in [-0.05, 0) is 74.4 Å². The minimum Gasteiger partial charge on any atom is -0.488 e. The third-order valence-electron chi connectivity index (χ3n) is 7.70. The molecule has 46 heavy (non-hydrogen) atoms. The third kappa shape index (κ3) is 5.77. The van der Waals surface area contributed by atoms with Gasteiger partial charge in [0.2, 0.25) is 0 Å². The Balaban J connectivity index is 1.27. The van der Waals surface area contributed by atoms with Crippen molar-refractivity contribution in [2.75, 3.05) is 6.61 Å². The molecule has 2 aromatic heterocycles. The van der Waals surface area contributed by atoms with Crippen molar-refractivity contribution in [3.8, 4) is 5.75 Å². The van der Waals surface area contributed by atoms with Crippen LogP contribution in [0, 0.1) is 0 Å². The van der Waals surface area contributed by atoms with E-state index in [9.17, 15) is 9.59 Å². The van der Waals surface area contributed by atoms with Crippen LogP contribution in [0.3, 0.4) is 0 Å². The zero-order valence-electron chi connectivity index (χ0n) is 24.7. The van der Waals surface area contributed by atoms with E-state index in [1.54, 1.807) is 11.5 Å². The lowest BCUT2D eigenvalue weighted by molar-refractivity contribution is -0.138. The molecule has 1 aliphatic rings. The molecule has 6 aromatic rings. The lowest BCUT2D eigenvalue weighted by Crippen LogP contribution is -2.39. The quantitative estimate of drug-likeness (QED) is 0.154. The topological polar surface area (TPSA) is 69.9 Å². The zero-order chi connectivity index (χ0) is 31.6. The number of esters is 1. The van der Waals surface area contributed by atoms with Crippen LogP contribution >= 0.6 is 38.6 Å². The summed E-state index contributed by atoms with van der Waals surface area (Å²) in [6.45, 7) is 2.41. The summed E-state index contributed by atoms with van der Waals surface area (Å²) in [5.74, 6) is 0.219. The highest BCUT2D eigenvalue weighted by atomic mass is 79.9. The first kappa shape index (κ1) is 30.1. The molecule has 0 bridgehead atoms. The number of hydrogen-bond acceptors (Lipinski definition) is 7. The van der Waals surface area contributed by atoms with Gasteiger partial charge in [-0.3, -0.25) is 9.36 Å². The molecule has 228 valence electrons. The normalized spacial score (nSPS) is 14.7. The van der Waals surface area contributed by atoms with Crippen LogP contribution in [0.1, 0.15) is 34.5 Å². The Labute approximate surface area is 281 Å². The maximum Gasteiger partial charge on any atom is 0.338 e. The Morgan fingerprint density at radius 1 is 0.978 bits per heavy atom. The highest BCUT2D eigenvalue weighted by molar-refractivity contribution is 9.10. The number of thiazole rings is 1. The molecule has 0 unspecified atom stereocenters. The van der Waals surface area contributed by atoms with Crippen molar-refractivity contribution in [2.45, 2.75) is 19.6 Å². The number of nitrogens with zero attached hydrogens (tertiary/aromatic N) is 2. The molecular formula is C37H27BrN2O4S2. The van der Waals surface area contributed by atoms with Gasteiger partial charge in [-0.1, -0.05) is 96.3 Å². The van der Waals surface area contributed by atoms with Gasteiger partial charge in [0.05, 0.1) is 26.9 Å². The molecule has 0 saturated heterocycles. The van der Waals surface area contributed by atoms with Crippen molar-refractivity contribution in [3.63, 3.8) is 0 Å². The summed E-state index contributed by atoms with van der Waals surface area (Å²) >= 11 is 6.46. The number of thiophene rings is 1. The molecule has 0 saturated carbocycles. The van der Waals surface area contributed by atoms with E-state index in [4.69, 9.17) is 14.5 Å². The van der Waals surface area contributed by atoms with Crippen LogP contribution in [0.25, 0.3) is 22.5 Å². The van der Waals surface area contributed by atoms with Crippen molar-refractivity contribution in [2.24, 2.45) is 4.99 Å². The Kier molecular flexibility index (Phi) is 8.53. The van der Waals surface area contributed by atoms with Gasteiger partial charge in [0, 0.05) is 10.4 Å². The summed E-state index contributed by atoms with van der Waals surface area (Å²) in [6.07, 6.45) is 1.85. The molecule has 7 rings (SSSR count). The predicted molar refractivity (Wildman–Crippen MR) is 188 cm³/mol. The first-order chi connectivity index (χ1) is 22.5. The molecule has 4 aromatic carbocycles. The second-order valence-corrected chi connectivity index (χ2v) is 13.4. The maximum absolute atomic E-state index is 14.1. The van der Waals surface area contributed by atoms with Gasteiger partial charge >= 0.3 is 5.97 Å². The summed E-state index contributed by atoms with van der Waals surface area (Å²) in [5.41, 5.74) is 3.37. The lowest BCUT2D eigenvalue weighted by atomic mass is 9.97. The van der Waals surface area contributed by atoms with Gasteiger partial charge < -0.3 is 9.47 Å². The largest absolute Gasteiger partial charge is 0.488 e. The standard InChI is InChI=1S/C37H27BrN2O4S2/c1-2-43-36(42)32-33(25-11-4-3-5-12-25)39-37-40(34(32)30-16-9-19-45-30)35(41)31(46-37)21-23-17-18-29(28(38)20-23)44-22-26-14-8-13-24-10-6-7-15-27(24)26/h3-21,34H,2,22H2,1H3/b31-21-/t34-/m0/s1. The first-order valence-corrected chi connectivity index (χ1v) is 17.2. The van der Waals surface area contributed by atoms with E-state index in [2.05, 4.69) is 40.2 Å². The average Bonchev–Trinajstić information content (AvgIpc) is 3.72. The van der Waals surface area contributed by atoms with Crippen molar-refractivity contribution >= 4 is 67.1 Å². The second kappa shape index (κ2) is 13.0. The molecule has 1 aliphatic heterocycles. The van der Waals surface area contributed by atoms with E-state index < -0.39 is 12.0 Å². The van der Waals surface area contributed by atoms with Crippen LogP contribution in [0.5, 0.6) is 5.75 Å². The molecule has 0 aliphatic carbocycles. The summed E-state index contributed by atoms with van der Waals surface area (Å²) in [4.78, 5) is 33.9. The molecule has 0 N–H and O–H groups in total. The number of hydrogen-bond donors (Lipinski definition) is 0. The van der Waals surface area contributed by atoms with Crippen LogP contribution in [0.2, 0.25) is 0 Å². The first-order valence-electron chi connectivity index (χ1n) is 14.7. The second-order valence-electron chi connectivity index (χ2n) is 10.6. The van der Waals surface area contributed by atoms with Crippen molar-refractivity contribution < 1.29 is 14.3 Å². The van der Waals surface area contributed by atoms with E-state index in [-0.39, 0.29) is 12.2 Å². The fraction of sp³-hybridized carbons (Fsp3) is 0.108. The highest BCUT2D eigenvalue weighted by Gasteiger charge is 2.35. The average molecular weight is 708 g/mol. The molecule has 0 radical (unpaired) electrons. The zero-order valence-corrected chi connectivity index (χ0v) is 27.9. The van der Waals surface area contributed by atoms with Gasteiger partial charge in [-0.15, -0.1) is 11.3 Å². The summed E-state index contributed by atoms with van der Waals surface area (Å²) in [7, 11) is 0. The van der Waals surface area contributed by atoms with Crippen molar-refractivity contribution in [1.82, 2.24) is 4.57 Å². The highest BCUT2D eigenvalue weighted by Crippen LogP contribution is 2.37. The Morgan fingerprint density at radius 2 is 1.78 bits per heavy atom. The molecule has 0 amide bonds. The molecule has 0 spiro atoms. The van der Waals surface area contributed by atoms with E-state index in [1.807, 2.05) is 90.3 Å². The minimum atomic E-state index is -0.663. The number of halogens is 1. The van der Waals surface area contributed by atoms with Gasteiger partial charge in [0.25, 0.3) is 5.56 Å². The Bertz CT molecular complexity index is 2280. The van der Waals surface area contributed by atoms with Crippen LogP contribution in [0.15, 0.2) is 128 Å². The summed E-state index contributed by atoms with van der Waals surface area (Å²) in [6, 6.07) is 33.0. The molecule has 1 atom stereocenters. The Hall–Kier alpha value is -4.57. The van der Waals surface area contributed by atoms with Crippen molar-refractivity contribution in [1.29, 1.82) is 0 Å².